The summed E-state index contributed by atoms with van der Waals surface area (Å²) in [5.74, 6) is -0.340. The Morgan fingerprint density at radius 1 is 1.54 bits per heavy atom. The molecule has 13 heavy (non-hydrogen) atoms. The van der Waals surface area contributed by atoms with Crippen LogP contribution in [0.5, 0.6) is 0 Å². The number of nitrogens with one attached hydrogen (secondary N) is 1. The molecule has 2 bridgehead atoms. The first-order valence-electron chi connectivity index (χ1n) is 4.95. The summed E-state index contributed by atoms with van der Waals surface area (Å²) in [6.07, 6.45) is 3.66. The lowest BCUT2D eigenvalue weighted by atomic mass is 9.74. The van der Waals surface area contributed by atoms with Gasteiger partial charge in [0.05, 0.1) is 0 Å². The second-order valence-electron chi connectivity index (χ2n) is 5.10. The van der Waals surface area contributed by atoms with Crippen LogP contribution in [0.25, 0.3) is 0 Å². The van der Waals surface area contributed by atoms with Gasteiger partial charge in [0.25, 0.3) is 0 Å². The SMILES string of the molecule is C[C@@]12CC[C@@](C)(N1)[C@@H](CC(=O)O)C2. The number of rotatable bonds is 2. The fraction of sp³-hybridized carbons (Fsp3) is 0.900. The lowest BCUT2D eigenvalue weighted by Gasteiger charge is -2.29. The molecule has 2 heterocycles. The maximum Gasteiger partial charge on any atom is 0.303 e. The molecule has 2 aliphatic rings. The van der Waals surface area contributed by atoms with Gasteiger partial charge in [0.1, 0.15) is 0 Å². The first-order valence-corrected chi connectivity index (χ1v) is 4.95. The molecule has 74 valence electrons. The molecule has 0 amide bonds. The molecule has 3 nitrogen and oxygen atoms in total. The number of aliphatic carboxylic acids is 1. The predicted molar refractivity (Wildman–Crippen MR) is 49.5 cm³/mol. The highest BCUT2D eigenvalue weighted by atomic mass is 16.4. The van der Waals surface area contributed by atoms with Crippen LogP contribution >= 0.6 is 0 Å². The van der Waals surface area contributed by atoms with Gasteiger partial charge in [-0.25, -0.2) is 0 Å². The molecule has 0 aliphatic carbocycles. The quantitative estimate of drug-likeness (QED) is 0.680. The molecule has 3 heteroatoms. The van der Waals surface area contributed by atoms with Crippen molar-refractivity contribution in [3.63, 3.8) is 0 Å². The van der Waals surface area contributed by atoms with Crippen molar-refractivity contribution in [1.29, 1.82) is 0 Å². The maximum atomic E-state index is 10.7. The minimum atomic E-state index is -0.663. The van der Waals surface area contributed by atoms with Crippen LogP contribution in [0.1, 0.15) is 39.5 Å². The summed E-state index contributed by atoms with van der Waals surface area (Å²) in [7, 11) is 0. The number of carboxylic acid groups (broad SMARTS) is 1. The molecule has 2 rings (SSSR count). The lowest BCUT2D eigenvalue weighted by Crippen LogP contribution is -2.40. The zero-order valence-electron chi connectivity index (χ0n) is 8.26. The standard InChI is InChI=1S/C10H17NO2/c1-9-3-4-10(2,11-9)7(6-9)5-8(12)13/h7,11H,3-6H2,1-2H3,(H,12,13)/t7-,9-,10+/m0/s1. The highest BCUT2D eigenvalue weighted by Gasteiger charge is 2.54. The van der Waals surface area contributed by atoms with E-state index in [-0.39, 0.29) is 11.1 Å². The Bertz CT molecular complexity index is 253. The maximum absolute atomic E-state index is 10.7. The van der Waals surface area contributed by atoms with E-state index >= 15 is 0 Å². The van der Waals surface area contributed by atoms with Crippen molar-refractivity contribution in [3.05, 3.63) is 0 Å². The van der Waals surface area contributed by atoms with E-state index in [9.17, 15) is 4.79 Å². The predicted octanol–water partition coefficient (Wildman–Crippen LogP) is 1.38. The molecule has 2 N–H and O–H groups in total. The molecule has 0 saturated carbocycles. The molecule has 2 aliphatic heterocycles. The van der Waals surface area contributed by atoms with E-state index in [1.807, 2.05) is 0 Å². The Morgan fingerprint density at radius 2 is 2.23 bits per heavy atom. The van der Waals surface area contributed by atoms with Crippen molar-refractivity contribution >= 4 is 5.97 Å². The Labute approximate surface area is 78.5 Å². The minimum Gasteiger partial charge on any atom is -0.481 e. The third-order valence-corrected chi connectivity index (χ3v) is 3.80. The van der Waals surface area contributed by atoms with E-state index in [0.29, 0.717) is 12.3 Å². The van der Waals surface area contributed by atoms with Gasteiger partial charge in [-0.2, -0.15) is 0 Å². The van der Waals surface area contributed by atoms with Crippen molar-refractivity contribution in [3.8, 4) is 0 Å². The summed E-state index contributed by atoms with van der Waals surface area (Å²) in [5, 5.41) is 12.3. The summed E-state index contributed by atoms with van der Waals surface area (Å²) in [6, 6.07) is 0. The molecule has 2 fully saturated rings. The molecule has 2 saturated heterocycles. The van der Waals surface area contributed by atoms with Gasteiger partial charge in [0, 0.05) is 17.5 Å². The van der Waals surface area contributed by atoms with E-state index in [2.05, 4.69) is 19.2 Å². The van der Waals surface area contributed by atoms with E-state index in [1.165, 1.54) is 6.42 Å². The highest BCUT2D eigenvalue weighted by molar-refractivity contribution is 5.67. The second kappa shape index (κ2) is 2.47. The lowest BCUT2D eigenvalue weighted by molar-refractivity contribution is -0.138. The topological polar surface area (TPSA) is 49.3 Å². The van der Waals surface area contributed by atoms with Crippen molar-refractivity contribution < 1.29 is 9.90 Å². The van der Waals surface area contributed by atoms with Crippen LogP contribution in [0, 0.1) is 5.92 Å². The first kappa shape index (κ1) is 9.00. The third-order valence-electron chi connectivity index (χ3n) is 3.80. The van der Waals surface area contributed by atoms with E-state index in [0.717, 1.165) is 12.8 Å². The molecule has 0 unspecified atom stereocenters. The number of hydrogen-bond acceptors (Lipinski definition) is 2. The van der Waals surface area contributed by atoms with E-state index < -0.39 is 5.97 Å². The van der Waals surface area contributed by atoms with Gasteiger partial charge in [-0.3, -0.25) is 4.79 Å². The summed E-state index contributed by atoms with van der Waals surface area (Å²) in [4.78, 5) is 10.7. The molecule has 0 aromatic heterocycles. The van der Waals surface area contributed by atoms with Gasteiger partial charge >= 0.3 is 5.97 Å². The van der Waals surface area contributed by atoms with Gasteiger partial charge in [-0.05, 0) is 39.0 Å². The van der Waals surface area contributed by atoms with Crippen LogP contribution < -0.4 is 5.32 Å². The fourth-order valence-electron chi connectivity index (χ4n) is 3.09. The molecular formula is C10H17NO2. The van der Waals surface area contributed by atoms with Crippen LogP contribution in [0.2, 0.25) is 0 Å². The van der Waals surface area contributed by atoms with Crippen LogP contribution in [0.4, 0.5) is 0 Å². The fourth-order valence-corrected chi connectivity index (χ4v) is 3.09. The first-order chi connectivity index (χ1) is 5.94. The zero-order valence-corrected chi connectivity index (χ0v) is 8.26. The number of carboxylic acids is 1. The molecule has 3 atom stereocenters. The normalized spacial score (nSPS) is 48.3. The Kier molecular flexibility index (Phi) is 1.71. The number of fused-ring (bicyclic) bond motifs is 2. The van der Waals surface area contributed by atoms with Gasteiger partial charge in [0.15, 0.2) is 0 Å². The smallest absolute Gasteiger partial charge is 0.303 e. The molecule has 0 radical (unpaired) electrons. The Hall–Kier alpha value is -0.570. The zero-order chi connectivity index (χ0) is 9.69. The second-order valence-corrected chi connectivity index (χ2v) is 5.10. The third kappa shape index (κ3) is 1.35. The average Bonchev–Trinajstić information content (AvgIpc) is 2.36. The van der Waals surface area contributed by atoms with Gasteiger partial charge in [-0.1, -0.05) is 0 Å². The molecule has 0 aromatic rings. The van der Waals surface area contributed by atoms with Crippen LogP contribution in [0.3, 0.4) is 0 Å². The van der Waals surface area contributed by atoms with Crippen LogP contribution in [0.15, 0.2) is 0 Å². The minimum absolute atomic E-state index is 0.0904. The van der Waals surface area contributed by atoms with Gasteiger partial charge in [-0.15, -0.1) is 0 Å². The van der Waals surface area contributed by atoms with Gasteiger partial charge in [0.2, 0.25) is 0 Å². The summed E-state index contributed by atoms with van der Waals surface area (Å²) in [5.41, 5.74) is 0.308. The van der Waals surface area contributed by atoms with E-state index in [4.69, 9.17) is 5.11 Å². The molecule has 0 spiro atoms. The number of hydrogen-bond donors (Lipinski definition) is 2. The summed E-state index contributed by atoms with van der Waals surface area (Å²) < 4.78 is 0. The average molecular weight is 183 g/mol. The highest BCUT2D eigenvalue weighted by Crippen LogP contribution is 2.49. The van der Waals surface area contributed by atoms with Gasteiger partial charge < -0.3 is 10.4 Å². The van der Waals surface area contributed by atoms with Crippen molar-refractivity contribution in [2.45, 2.75) is 50.6 Å². The Morgan fingerprint density at radius 3 is 2.62 bits per heavy atom. The summed E-state index contributed by atoms with van der Waals surface area (Å²) >= 11 is 0. The number of carbonyl (C=O) groups is 1. The van der Waals surface area contributed by atoms with Crippen LogP contribution in [-0.4, -0.2) is 22.2 Å². The van der Waals surface area contributed by atoms with Crippen molar-refractivity contribution in [1.82, 2.24) is 5.32 Å². The molecular weight excluding hydrogens is 166 g/mol. The van der Waals surface area contributed by atoms with Crippen LogP contribution in [-0.2, 0) is 4.79 Å². The monoisotopic (exact) mass is 183 g/mol. The summed E-state index contributed by atoms with van der Waals surface area (Å²) in [6.45, 7) is 4.37. The molecule has 0 aromatic carbocycles. The largest absolute Gasteiger partial charge is 0.481 e. The van der Waals surface area contributed by atoms with E-state index in [1.54, 1.807) is 0 Å². The Balaban J connectivity index is 2.12. The van der Waals surface area contributed by atoms with Crippen molar-refractivity contribution in [2.24, 2.45) is 5.92 Å². The van der Waals surface area contributed by atoms with Crippen molar-refractivity contribution in [2.75, 3.05) is 0 Å².